The van der Waals surface area contributed by atoms with Gasteiger partial charge in [-0.05, 0) is 42.6 Å². The van der Waals surface area contributed by atoms with Gasteiger partial charge in [-0.15, -0.1) is 0 Å². The zero-order chi connectivity index (χ0) is 14.0. The van der Waals surface area contributed by atoms with Crippen LogP contribution in [0.15, 0.2) is 18.5 Å². The van der Waals surface area contributed by atoms with Gasteiger partial charge in [-0.3, -0.25) is 16.3 Å². The summed E-state index contributed by atoms with van der Waals surface area (Å²) in [5.41, 5.74) is 3.68. The van der Waals surface area contributed by atoms with Gasteiger partial charge in [0.15, 0.2) is 0 Å². The maximum absolute atomic E-state index is 13.4. The lowest BCUT2D eigenvalue weighted by Crippen LogP contribution is -2.45. The van der Waals surface area contributed by atoms with E-state index in [9.17, 15) is 4.39 Å². The van der Waals surface area contributed by atoms with E-state index in [1.807, 2.05) is 11.8 Å². The van der Waals surface area contributed by atoms with Crippen LogP contribution in [0.2, 0.25) is 0 Å². The second-order valence-electron chi connectivity index (χ2n) is 5.67. The highest BCUT2D eigenvalue weighted by Crippen LogP contribution is 2.43. The van der Waals surface area contributed by atoms with E-state index in [1.54, 1.807) is 6.20 Å². The SMILES string of the molecule is NNC(c1cncc(F)c1)C1CCOC2(CCSC2)C1. The van der Waals surface area contributed by atoms with Crippen LogP contribution in [0.4, 0.5) is 4.39 Å². The summed E-state index contributed by atoms with van der Waals surface area (Å²) in [6.07, 6.45) is 5.94. The standard InChI is InChI=1S/C14H20FN3OS/c15-12-5-11(7-17-8-12)13(18-16)10-1-3-19-14(6-10)2-4-20-9-14/h5,7-8,10,13,18H,1-4,6,9,16H2. The Hall–Kier alpha value is -0.690. The molecular weight excluding hydrogens is 277 g/mol. The van der Waals surface area contributed by atoms with Crippen molar-refractivity contribution in [2.45, 2.75) is 30.9 Å². The molecule has 0 aromatic carbocycles. The third-order valence-corrected chi connectivity index (χ3v) is 5.56. The first-order valence-corrected chi connectivity index (χ1v) is 8.16. The normalized spacial score (nSPS) is 31.6. The lowest BCUT2D eigenvalue weighted by molar-refractivity contribution is -0.0854. The highest BCUT2D eigenvalue weighted by atomic mass is 32.2. The van der Waals surface area contributed by atoms with Crippen LogP contribution in [-0.2, 0) is 4.74 Å². The van der Waals surface area contributed by atoms with Crippen molar-refractivity contribution in [1.29, 1.82) is 0 Å². The van der Waals surface area contributed by atoms with Gasteiger partial charge in [0.1, 0.15) is 5.82 Å². The number of nitrogens with two attached hydrogens (primary N) is 1. The Labute approximate surface area is 122 Å². The zero-order valence-corrected chi connectivity index (χ0v) is 12.2. The van der Waals surface area contributed by atoms with Gasteiger partial charge in [0, 0.05) is 18.6 Å². The summed E-state index contributed by atoms with van der Waals surface area (Å²) >= 11 is 1.95. The molecule has 0 radical (unpaired) electrons. The molecule has 1 aromatic rings. The first-order chi connectivity index (χ1) is 9.72. The molecule has 2 saturated heterocycles. The topological polar surface area (TPSA) is 60.2 Å². The first kappa shape index (κ1) is 14.3. The van der Waals surface area contributed by atoms with Gasteiger partial charge >= 0.3 is 0 Å². The van der Waals surface area contributed by atoms with Crippen molar-refractivity contribution < 1.29 is 9.13 Å². The predicted molar refractivity (Wildman–Crippen MR) is 77.6 cm³/mol. The smallest absolute Gasteiger partial charge is 0.141 e. The van der Waals surface area contributed by atoms with E-state index in [-0.39, 0.29) is 17.5 Å². The Morgan fingerprint density at radius 3 is 3.15 bits per heavy atom. The Bertz CT molecular complexity index is 467. The molecule has 0 aliphatic carbocycles. The molecule has 3 rings (SSSR count). The minimum atomic E-state index is -0.319. The van der Waals surface area contributed by atoms with Crippen LogP contribution in [-0.4, -0.2) is 28.7 Å². The summed E-state index contributed by atoms with van der Waals surface area (Å²) < 4.78 is 19.4. The maximum Gasteiger partial charge on any atom is 0.141 e. The van der Waals surface area contributed by atoms with E-state index in [1.165, 1.54) is 12.3 Å². The van der Waals surface area contributed by atoms with E-state index in [0.29, 0.717) is 5.92 Å². The number of ether oxygens (including phenoxy) is 1. The van der Waals surface area contributed by atoms with Gasteiger partial charge < -0.3 is 4.74 Å². The third kappa shape index (κ3) is 2.83. The van der Waals surface area contributed by atoms with E-state index in [2.05, 4.69) is 10.4 Å². The van der Waals surface area contributed by atoms with Gasteiger partial charge in [-0.25, -0.2) is 4.39 Å². The molecular formula is C14H20FN3OS. The molecule has 6 heteroatoms. The molecule has 1 spiro atoms. The van der Waals surface area contributed by atoms with Crippen LogP contribution in [0.25, 0.3) is 0 Å². The van der Waals surface area contributed by atoms with Crippen molar-refractivity contribution in [3.63, 3.8) is 0 Å². The number of hydrogen-bond acceptors (Lipinski definition) is 5. The molecule has 3 atom stereocenters. The summed E-state index contributed by atoms with van der Waals surface area (Å²) in [6, 6.07) is 1.45. The molecule has 2 aliphatic rings. The number of pyridine rings is 1. The highest BCUT2D eigenvalue weighted by Gasteiger charge is 2.42. The van der Waals surface area contributed by atoms with Gasteiger partial charge in [0.2, 0.25) is 0 Å². The summed E-state index contributed by atoms with van der Waals surface area (Å²) in [7, 11) is 0. The Kier molecular flexibility index (Phi) is 4.26. The fraction of sp³-hybridized carbons (Fsp3) is 0.643. The number of nitrogens with one attached hydrogen (secondary N) is 1. The monoisotopic (exact) mass is 297 g/mol. The zero-order valence-electron chi connectivity index (χ0n) is 11.3. The maximum atomic E-state index is 13.4. The van der Waals surface area contributed by atoms with Gasteiger partial charge in [-0.1, -0.05) is 0 Å². The van der Waals surface area contributed by atoms with E-state index in [0.717, 1.165) is 42.9 Å². The number of hydrogen-bond donors (Lipinski definition) is 2. The summed E-state index contributed by atoms with van der Waals surface area (Å²) in [5.74, 6) is 7.98. The number of nitrogens with zero attached hydrogens (tertiary/aromatic N) is 1. The summed E-state index contributed by atoms with van der Waals surface area (Å²) in [6.45, 7) is 0.756. The molecule has 3 N–H and O–H groups in total. The van der Waals surface area contributed by atoms with Gasteiger partial charge in [-0.2, -0.15) is 11.8 Å². The van der Waals surface area contributed by atoms with Crippen LogP contribution < -0.4 is 11.3 Å². The molecule has 0 bridgehead atoms. The molecule has 2 fully saturated rings. The second kappa shape index (κ2) is 5.97. The lowest BCUT2D eigenvalue weighted by Gasteiger charge is -2.40. The van der Waals surface area contributed by atoms with Crippen LogP contribution >= 0.6 is 11.8 Å². The Morgan fingerprint density at radius 2 is 2.45 bits per heavy atom. The predicted octanol–water partition coefficient (Wildman–Crippen LogP) is 2.03. The van der Waals surface area contributed by atoms with E-state index >= 15 is 0 Å². The lowest BCUT2D eigenvalue weighted by atomic mass is 9.79. The van der Waals surface area contributed by atoms with Crippen molar-refractivity contribution >= 4 is 11.8 Å². The Balaban J connectivity index is 1.78. The number of hydrazine groups is 1. The van der Waals surface area contributed by atoms with Crippen molar-refractivity contribution in [1.82, 2.24) is 10.4 Å². The summed E-state index contributed by atoms with van der Waals surface area (Å²) in [5, 5.41) is 0. The molecule has 20 heavy (non-hydrogen) atoms. The molecule has 2 aliphatic heterocycles. The molecule has 0 amide bonds. The van der Waals surface area contributed by atoms with Crippen molar-refractivity contribution in [2.75, 3.05) is 18.1 Å². The fourth-order valence-corrected chi connectivity index (χ4v) is 4.69. The molecule has 0 saturated carbocycles. The Morgan fingerprint density at radius 1 is 1.55 bits per heavy atom. The molecule has 4 nitrogen and oxygen atoms in total. The van der Waals surface area contributed by atoms with Crippen LogP contribution in [0.1, 0.15) is 30.9 Å². The molecule has 110 valence electrons. The fourth-order valence-electron chi connectivity index (χ4n) is 3.32. The quantitative estimate of drug-likeness (QED) is 0.660. The van der Waals surface area contributed by atoms with Crippen LogP contribution in [0.3, 0.4) is 0 Å². The minimum Gasteiger partial charge on any atom is -0.374 e. The first-order valence-electron chi connectivity index (χ1n) is 7.01. The average Bonchev–Trinajstić information content (AvgIpc) is 2.88. The third-order valence-electron chi connectivity index (χ3n) is 4.33. The molecule has 1 aromatic heterocycles. The largest absolute Gasteiger partial charge is 0.374 e. The van der Waals surface area contributed by atoms with E-state index < -0.39 is 0 Å². The van der Waals surface area contributed by atoms with Crippen molar-refractivity contribution in [3.8, 4) is 0 Å². The van der Waals surface area contributed by atoms with Crippen molar-refractivity contribution in [3.05, 3.63) is 29.8 Å². The van der Waals surface area contributed by atoms with Crippen molar-refractivity contribution in [2.24, 2.45) is 11.8 Å². The molecule has 3 unspecified atom stereocenters. The summed E-state index contributed by atoms with van der Waals surface area (Å²) in [4.78, 5) is 3.93. The number of aromatic nitrogens is 1. The number of rotatable bonds is 3. The molecule has 3 heterocycles. The van der Waals surface area contributed by atoms with Crippen LogP contribution in [0, 0.1) is 11.7 Å². The minimum absolute atomic E-state index is 0.00341. The second-order valence-corrected chi connectivity index (χ2v) is 6.77. The highest BCUT2D eigenvalue weighted by molar-refractivity contribution is 7.99. The van der Waals surface area contributed by atoms with Crippen LogP contribution in [0.5, 0.6) is 0 Å². The van der Waals surface area contributed by atoms with E-state index in [4.69, 9.17) is 10.6 Å². The average molecular weight is 297 g/mol. The number of halogens is 1. The van der Waals surface area contributed by atoms with Gasteiger partial charge in [0.05, 0.1) is 17.8 Å². The number of thioether (sulfide) groups is 1. The van der Waals surface area contributed by atoms with Gasteiger partial charge in [0.25, 0.3) is 0 Å².